The van der Waals surface area contributed by atoms with Crippen molar-refractivity contribution in [2.24, 2.45) is 0 Å². The minimum absolute atomic E-state index is 0.154. The smallest absolute Gasteiger partial charge is 0.410 e. The average Bonchev–Trinajstić information content (AvgIpc) is 3.43. The summed E-state index contributed by atoms with van der Waals surface area (Å²) in [7, 11) is 1.82. The summed E-state index contributed by atoms with van der Waals surface area (Å²) in [4.78, 5) is 14.2. The monoisotopic (exact) mass is 412 g/mol. The molecule has 0 saturated heterocycles. The van der Waals surface area contributed by atoms with Crippen LogP contribution in [-0.4, -0.2) is 35.3 Å². The molecule has 1 heterocycles. The van der Waals surface area contributed by atoms with E-state index in [0.29, 0.717) is 17.6 Å². The van der Waals surface area contributed by atoms with Gasteiger partial charge in [0.15, 0.2) is 0 Å². The van der Waals surface area contributed by atoms with Crippen molar-refractivity contribution in [2.45, 2.75) is 83.5 Å². The lowest BCUT2D eigenvalue weighted by Gasteiger charge is -2.23. The molecule has 1 aromatic carbocycles. The number of ether oxygens (including phenoxy) is 2. The lowest BCUT2D eigenvalue weighted by atomic mass is 9.98. The summed E-state index contributed by atoms with van der Waals surface area (Å²) < 4.78 is 17.1. The van der Waals surface area contributed by atoms with Gasteiger partial charge in [-0.05, 0) is 69.7 Å². The average molecular weight is 413 g/mol. The number of benzene rings is 1. The molecule has 0 radical (unpaired) electrons. The van der Waals surface area contributed by atoms with Crippen LogP contribution in [0.25, 0.3) is 11.3 Å². The van der Waals surface area contributed by atoms with Crippen molar-refractivity contribution in [1.82, 2.24) is 10.1 Å². The fraction of sp³-hybridized carbons (Fsp3) is 0.583. The van der Waals surface area contributed by atoms with Crippen LogP contribution in [0.1, 0.15) is 69.1 Å². The standard InChI is InChI=1S/C24H32N2O4/c1-17-22(16-28-24(27)26(2)19-8-6-7-9-19)23(25-30-17)18-12-14-21(15-13-18)29-20-10-4-3-5-11-20/h12-15,19-20H,3-11,16H2,1-2H3. The van der Waals surface area contributed by atoms with Gasteiger partial charge in [0.05, 0.1) is 11.7 Å². The number of amides is 1. The second-order valence-corrected chi connectivity index (χ2v) is 8.57. The largest absolute Gasteiger partial charge is 0.490 e. The van der Waals surface area contributed by atoms with Gasteiger partial charge in [-0.15, -0.1) is 0 Å². The van der Waals surface area contributed by atoms with Crippen LogP contribution in [0.3, 0.4) is 0 Å². The summed E-state index contributed by atoms with van der Waals surface area (Å²) in [5.74, 6) is 1.56. The van der Waals surface area contributed by atoms with Gasteiger partial charge in [-0.25, -0.2) is 4.79 Å². The van der Waals surface area contributed by atoms with E-state index in [4.69, 9.17) is 14.0 Å². The van der Waals surface area contributed by atoms with Gasteiger partial charge < -0.3 is 18.9 Å². The van der Waals surface area contributed by atoms with Crippen molar-refractivity contribution in [3.63, 3.8) is 0 Å². The zero-order valence-electron chi connectivity index (χ0n) is 18.1. The van der Waals surface area contributed by atoms with Crippen LogP contribution in [0.5, 0.6) is 5.75 Å². The zero-order valence-corrected chi connectivity index (χ0v) is 18.1. The molecule has 6 heteroatoms. The number of nitrogens with zero attached hydrogens (tertiary/aromatic N) is 2. The number of carbonyl (C=O) groups is 1. The number of aromatic nitrogens is 1. The molecule has 0 aliphatic heterocycles. The fourth-order valence-corrected chi connectivity index (χ4v) is 4.53. The van der Waals surface area contributed by atoms with Crippen molar-refractivity contribution in [2.75, 3.05) is 7.05 Å². The molecule has 0 atom stereocenters. The molecule has 4 rings (SSSR count). The number of hydrogen-bond acceptors (Lipinski definition) is 5. The van der Waals surface area contributed by atoms with Crippen LogP contribution in [-0.2, 0) is 11.3 Å². The summed E-state index contributed by atoms with van der Waals surface area (Å²) in [6.07, 6.45) is 10.6. The Morgan fingerprint density at radius 2 is 1.73 bits per heavy atom. The summed E-state index contributed by atoms with van der Waals surface area (Å²) in [5, 5.41) is 4.21. The van der Waals surface area contributed by atoms with Gasteiger partial charge in [0.1, 0.15) is 23.8 Å². The van der Waals surface area contributed by atoms with E-state index < -0.39 is 0 Å². The first-order chi connectivity index (χ1) is 14.6. The molecular weight excluding hydrogens is 380 g/mol. The van der Waals surface area contributed by atoms with Crippen molar-refractivity contribution >= 4 is 6.09 Å². The van der Waals surface area contributed by atoms with Gasteiger partial charge in [0.25, 0.3) is 0 Å². The minimum Gasteiger partial charge on any atom is -0.490 e. The highest BCUT2D eigenvalue weighted by molar-refractivity contribution is 5.69. The Labute approximate surface area is 178 Å². The van der Waals surface area contributed by atoms with Gasteiger partial charge in [0.2, 0.25) is 0 Å². The molecule has 0 N–H and O–H groups in total. The molecule has 2 aliphatic carbocycles. The third-order valence-electron chi connectivity index (χ3n) is 6.47. The molecule has 2 saturated carbocycles. The van der Waals surface area contributed by atoms with Crippen molar-refractivity contribution in [3.05, 3.63) is 35.6 Å². The van der Waals surface area contributed by atoms with Gasteiger partial charge in [0, 0.05) is 18.7 Å². The number of rotatable bonds is 6. The number of carbonyl (C=O) groups excluding carboxylic acids is 1. The van der Waals surface area contributed by atoms with E-state index in [9.17, 15) is 4.79 Å². The Morgan fingerprint density at radius 1 is 1.07 bits per heavy atom. The summed E-state index contributed by atoms with van der Waals surface area (Å²) in [6, 6.07) is 8.24. The number of hydrogen-bond donors (Lipinski definition) is 0. The molecule has 2 fully saturated rings. The third kappa shape index (κ3) is 4.79. The van der Waals surface area contributed by atoms with Gasteiger partial charge in [-0.2, -0.15) is 0 Å². The van der Waals surface area contributed by atoms with Gasteiger partial charge >= 0.3 is 6.09 Å². The van der Waals surface area contributed by atoms with E-state index in [1.54, 1.807) is 4.90 Å². The summed E-state index contributed by atoms with van der Waals surface area (Å²) in [5.41, 5.74) is 2.45. The van der Waals surface area contributed by atoms with Crippen LogP contribution < -0.4 is 4.74 Å². The number of aryl methyl sites for hydroxylation is 1. The summed E-state index contributed by atoms with van der Waals surface area (Å²) >= 11 is 0. The Balaban J connectivity index is 1.39. The van der Waals surface area contributed by atoms with Crippen LogP contribution in [0.4, 0.5) is 4.79 Å². The first kappa shape index (κ1) is 20.8. The Kier molecular flexibility index (Phi) is 6.60. The molecule has 1 aromatic heterocycles. The SMILES string of the molecule is Cc1onc(-c2ccc(OC3CCCCC3)cc2)c1COC(=O)N(C)C1CCCC1. The molecule has 30 heavy (non-hydrogen) atoms. The molecule has 162 valence electrons. The molecule has 6 nitrogen and oxygen atoms in total. The van der Waals surface area contributed by atoms with Crippen LogP contribution in [0.2, 0.25) is 0 Å². The predicted molar refractivity (Wildman–Crippen MR) is 114 cm³/mol. The van der Waals surface area contributed by atoms with Gasteiger partial charge in [-0.1, -0.05) is 24.4 Å². The first-order valence-electron chi connectivity index (χ1n) is 11.2. The summed E-state index contributed by atoms with van der Waals surface area (Å²) in [6.45, 7) is 2.00. The van der Waals surface area contributed by atoms with E-state index in [1.807, 2.05) is 38.2 Å². The highest BCUT2D eigenvalue weighted by Crippen LogP contribution is 2.30. The maximum Gasteiger partial charge on any atom is 0.410 e. The van der Waals surface area contributed by atoms with Gasteiger partial charge in [-0.3, -0.25) is 0 Å². The van der Waals surface area contributed by atoms with E-state index >= 15 is 0 Å². The van der Waals surface area contributed by atoms with Crippen LogP contribution >= 0.6 is 0 Å². The lowest BCUT2D eigenvalue weighted by Crippen LogP contribution is -2.35. The normalized spacial score (nSPS) is 17.8. The molecule has 1 amide bonds. The molecule has 0 bridgehead atoms. The van der Waals surface area contributed by atoms with Crippen LogP contribution in [0.15, 0.2) is 28.8 Å². The van der Waals surface area contributed by atoms with E-state index in [-0.39, 0.29) is 18.7 Å². The Hall–Kier alpha value is -2.50. The molecule has 2 aliphatic rings. The van der Waals surface area contributed by atoms with Crippen LogP contribution in [0, 0.1) is 6.92 Å². The molecule has 0 unspecified atom stereocenters. The molecule has 2 aromatic rings. The van der Waals surface area contributed by atoms with E-state index in [2.05, 4.69) is 5.16 Å². The third-order valence-corrected chi connectivity index (χ3v) is 6.47. The van der Waals surface area contributed by atoms with Crippen molar-refractivity contribution in [1.29, 1.82) is 0 Å². The highest BCUT2D eigenvalue weighted by Gasteiger charge is 2.25. The maximum absolute atomic E-state index is 12.5. The quantitative estimate of drug-likeness (QED) is 0.593. The minimum atomic E-state index is -0.287. The Bertz CT molecular complexity index is 833. The zero-order chi connectivity index (χ0) is 20.9. The molecule has 0 spiro atoms. The second-order valence-electron chi connectivity index (χ2n) is 8.57. The molecular formula is C24H32N2O4. The highest BCUT2D eigenvalue weighted by atomic mass is 16.6. The fourth-order valence-electron chi connectivity index (χ4n) is 4.53. The second kappa shape index (κ2) is 9.54. The Morgan fingerprint density at radius 3 is 2.43 bits per heavy atom. The van der Waals surface area contributed by atoms with Crippen molar-refractivity contribution in [3.8, 4) is 17.0 Å². The first-order valence-corrected chi connectivity index (χ1v) is 11.2. The lowest BCUT2D eigenvalue weighted by molar-refractivity contribution is 0.0915. The van der Waals surface area contributed by atoms with Crippen molar-refractivity contribution < 1.29 is 18.8 Å². The maximum atomic E-state index is 12.5. The topological polar surface area (TPSA) is 64.8 Å². The predicted octanol–water partition coefficient (Wildman–Crippen LogP) is 5.87. The van der Waals surface area contributed by atoms with E-state index in [1.165, 1.54) is 32.1 Å². The van der Waals surface area contributed by atoms with E-state index in [0.717, 1.165) is 42.6 Å².